The molecule has 0 unspecified atom stereocenters. The van der Waals surface area contributed by atoms with Crippen LogP contribution in [0.3, 0.4) is 0 Å². The van der Waals surface area contributed by atoms with Gasteiger partial charge in [0.15, 0.2) is 0 Å². The number of nitrogens with zero attached hydrogens (tertiary/aromatic N) is 1. The van der Waals surface area contributed by atoms with Crippen molar-refractivity contribution in [2.75, 3.05) is 6.61 Å². The molecule has 0 fully saturated rings. The molecule has 0 saturated heterocycles. The molecular weight excluding hydrogens is 290 g/mol. The number of thiophene rings is 1. The first-order chi connectivity index (χ1) is 10.8. The standard InChI is InChI=1S/C19H15NOS/c1-14-4-6-16(7-5-14)19-18(15-8-10-20-11-9-15)13-17(22-19)3-2-12-21/h4-11,13,21H,12H2,1H3. The minimum atomic E-state index is -0.123. The molecule has 0 saturated carbocycles. The van der Waals surface area contributed by atoms with E-state index in [1.54, 1.807) is 23.7 Å². The molecule has 0 spiro atoms. The van der Waals surface area contributed by atoms with Crippen molar-refractivity contribution in [1.29, 1.82) is 0 Å². The predicted octanol–water partition coefficient (Wildman–Crippen LogP) is 4.13. The highest BCUT2D eigenvalue weighted by atomic mass is 32.1. The van der Waals surface area contributed by atoms with Crippen LogP contribution in [-0.4, -0.2) is 16.7 Å². The first-order valence-electron chi connectivity index (χ1n) is 6.99. The molecule has 3 rings (SSSR count). The molecule has 0 aliphatic carbocycles. The number of benzene rings is 1. The lowest BCUT2D eigenvalue weighted by molar-refractivity contribution is 0.350. The van der Waals surface area contributed by atoms with Gasteiger partial charge in [0.1, 0.15) is 6.61 Å². The lowest BCUT2D eigenvalue weighted by Crippen LogP contribution is -1.80. The van der Waals surface area contributed by atoms with Gasteiger partial charge in [-0.3, -0.25) is 4.98 Å². The van der Waals surface area contributed by atoms with E-state index in [1.165, 1.54) is 16.0 Å². The van der Waals surface area contributed by atoms with E-state index < -0.39 is 0 Å². The van der Waals surface area contributed by atoms with Crippen molar-refractivity contribution in [3.63, 3.8) is 0 Å². The maximum Gasteiger partial charge on any atom is 0.104 e. The van der Waals surface area contributed by atoms with E-state index in [1.807, 2.05) is 12.1 Å². The minimum Gasteiger partial charge on any atom is -0.384 e. The van der Waals surface area contributed by atoms with Crippen LogP contribution in [0.15, 0.2) is 54.9 Å². The summed E-state index contributed by atoms with van der Waals surface area (Å²) in [5, 5.41) is 8.89. The first kappa shape index (κ1) is 14.5. The van der Waals surface area contributed by atoms with Crippen LogP contribution in [0.25, 0.3) is 21.6 Å². The van der Waals surface area contributed by atoms with E-state index in [-0.39, 0.29) is 6.61 Å². The van der Waals surface area contributed by atoms with E-state index in [2.05, 4.69) is 54.1 Å². The highest BCUT2D eigenvalue weighted by Crippen LogP contribution is 2.39. The minimum absolute atomic E-state index is 0.123. The van der Waals surface area contributed by atoms with Gasteiger partial charge in [-0.2, -0.15) is 0 Å². The highest BCUT2D eigenvalue weighted by Gasteiger charge is 2.12. The second-order valence-corrected chi connectivity index (χ2v) is 5.97. The predicted molar refractivity (Wildman–Crippen MR) is 91.7 cm³/mol. The summed E-state index contributed by atoms with van der Waals surface area (Å²) < 4.78 is 0. The molecule has 2 aromatic heterocycles. The number of aromatic nitrogens is 1. The van der Waals surface area contributed by atoms with Gasteiger partial charge in [0.05, 0.1) is 4.88 Å². The van der Waals surface area contributed by atoms with Crippen molar-refractivity contribution < 1.29 is 5.11 Å². The largest absolute Gasteiger partial charge is 0.384 e. The summed E-state index contributed by atoms with van der Waals surface area (Å²) in [5.74, 6) is 5.73. The van der Waals surface area contributed by atoms with E-state index in [0.717, 1.165) is 16.0 Å². The molecule has 22 heavy (non-hydrogen) atoms. The molecule has 1 N–H and O–H groups in total. The molecule has 0 amide bonds. The Hall–Kier alpha value is -2.41. The van der Waals surface area contributed by atoms with Gasteiger partial charge in [-0.25, -0.2) is 0 Å². The van der Waals surface area contributed by atoms with Crippen LogP contribution in [0.1, 0.15) is 10.4 Å². The molecule has 0 radical (unpaired) electrons. The topological polar surface area (TPSA) is 33.1 Å². The zero-order valence-electron chi connectivity index (χ0n) is 12.2. The summed E-state index contributed by atoms with van der Waals surface area (Å²) in [6, 6.07) is 14.6. The molecule has 2 nitrogen and oxygen atoms in total. The van der Waals surface area contributed by atoms with Crippen molar-refractivity contribution in [2.24, 2.45) is 0 Å². The van der Waals surface area contributed by atoms with Gasteiger partial charge in [-0.1, -0.05) is 41.7 Å². The second-order valence-electron chi connectivity index (χ2n) is 4.92. The smallest absolute Gasteiger partial charge is 0.104 e. The molecule has 0 aliphatic rings. The lowest BCUT2D eigenvalue weighted by atomic mass is 10.0. The number of pyridine rings is 1. The zero-order valence-corrected chi connectivity index (χ0v) is 13.0. The Morgan fingerprint density at radius 1 is 1.05 bits per heavy atom. The van der Waals surface area contributed by atoms with Crippen LogP contribution in [0, 0.1) is 18.8 Å². The Balaban J connectivity index is 2.14. The number of aliphatic hydroxyl groups excluding tert-OH is 1. The second kappa shape index (κ2) is 6.57. The number of aryl methyl sites for hydroxylation is 1. The van der Waals surface area contributed by atoms with Crippen LogP contribution >= 0.6 is 11.3 Å². The van der Waals surface area contributed by atoms with E-state index in [9.17, 15) is 0 Å². The van der Waals surface area contributed by atoms with Crippen molar-refractivity contribution in [3.05, 3.63) is 65.3 Å². The van der Waals surface area contributed by atoms with Crippen LogP contribution in [0.2, 0.25) is 0 Å². The highest BCUT2D eigenvalue weighted by molar-refractivity contribution is 7.16. The third-order valence-corrected chi connectivity index (χ3v) is 4.43. The fourth-order valence-corrected chi connectivity index (χ4v) is 3.31. The molecule has 0 aliphatic heterocycles. The fourth-order valence-electron chi connectivity index (χ4n) is 2.24. The summed E-state index contributed by atoms with van der Waals surface area (Å²) in [4.78, 5) is 6.23. The quantitative estimate of drug-likeness (QED) is 0.722. The molecule has 0 bridgehead atoms. The Labute approximate surface area is 134 Å². The normalized spacial score (nSPS) is 10.1. The molecular formula is C19H15NOS. The molecule has 3 aromatic rings. The summed E-state index contributed by atoms with van der Waals surface area (Å²) in [6.45, 7) is 1.96. The van der Waals surface area contributed by atoms with Gasteiger partial charge in [0, 0.05) is 22.8 Å². The maximum absolute atomic E-state index is 8.89. The van der Waals surface area contributed by atoms with E-state index in [0.29, 0.717) is 0 Å². The first-order valence-corrected chi connectivity index (χ1v) is 7.80. The summed E-state index contributed by atoms with van der Waals surface area (Å²) >= 11 is 1.65. The summed E-state index contributed by atoms with van der Waals surface area (Å²) in [6.07, 6.45) is 3.59. The Kier molecular flexibility index (Phi) is 4.34. The summed E-state index contributed by atoms with van der Waals surface area (Å²) in [7, 11) is 0. The van der Waals surface area contributed by atoms with Crippen LogP contribution in [-0.2, 0) is 0 Å². The van der Waals surface area contributed by atoms with Gasteiger partial charge in [-0.15, -0.1) is 11.3 Å². The number of rotatable bonds is 2. The van der Waals surface area contributed by atoms with Crippen LogP contribution < -0.4 is 0 Å². The molecule has 3 heteroatoms. The monoisotopic (exact) mass is 305 g/mol. The number of hydrogen-bond donors (Lipinski definition) is 1. The average Bonchev–Trinajstić information content (AvgIpc) is 2.98. The van der Waals surface area contributed by atoms with Crippen molar-refractivity contribution >= 4 is 11.3 Å². The number of hydrogen-bond acceptors (Lipinski definition) is 3. The average molecular weight is 305 g/mol. The Morgan fingerprint density at radius 3 is 2.45 bits per heavy atom. The molecule has 1 aromatic carbocycles. The fraction of sp³-hybridized carbons (Fsp3) is 0.105. The lowest BCUT2D eigenvalue weighted by Gasteiger charge is -2.04. The van der Waals surface area contributed by atoms with E-state index in [4.69, 9.17) is 5.11 Å². The van der Waals surface area contributed by atoms with Crippen molar-refractivity contribution in [3.8, 4) is 33.4 Å². The molecule has 108 valence electrons. The van der Waals surface area contributed by atoms with Gasteiger partial charge in [-0.05, 0) is 36.2 Å². The van der Waals surface area contributed by atoms with Gasteiger partial charge in [0.2, 0.25) is 0 Å². The zero-order chi connectivity index (χ0) is 15.4. The van der Waals surface area contributed by atoms with Crippen LogP contribution in [0.4, 0.5) is 0 Å². The van der Waals surface area contributed by atoms with Gasteiger partial charge in [0.25, 0.3) is 0 Å². The SMILES string of the molecule is Cc1ccc(-c2sc(C#CCO)cc2-c2ccncc2)cc1. The number of aliphatic hydroxyl groups is 1. The maximum atomic E-state index is 8.89. The Bertz CT molecular complexity index is 823. The summed E-state index contributed by atoms with van der Waals surface area (Å²) in [5.41, 5.74) is 4.70. The Morgan fingerprint density at radius 2 is 1.77 bits per heavy atom. The third-order valence-electron chi connectivity index (χ3n) is 3.33. The third kappa shape index (κ3) is 3.09. The van der Waals surface area contributed by atoms with Gasteiger partial charge >= 0.3 is 0 Å². The van der Waals surface area contributed by atoms with Gasteiger partial charge < -0.3 is 5.11 Å². The van der Waals surface area contributed by atoms with Crippen molar-refractivity contribution in [2.45, 2.75) is 6.92 Å². The van der Waals surface area contributed by atoms with E-state index >= 15 is 0 Å². The molecule has 0 atom stereocenters. The van der Waals surface area contributed by atoms with Crippen LogP contribution in [0.5, 0.6) is 0 Å². The van der Waals surface area contributed by atoms with Crippen molar-refractivity contribution in [1.82, 2.24) is 4.98 Å². The molecule has 2 heterocycles.